The van der Waals surface area contributed by atoms with Gasteiger partial charge in [-0.25, -0.2) is 0 Å². The molecule has 1 heterocycles. The van der Waals surface area contributed by atoms with Gasteiger partial charge >= 0.3 is 0 Å². The Morgan fingerprint density at radius 2 is 2.45 bits per heavy atom. The predicted octanol–water partition coefficient (Wildman–Crippen LogP) is 1.42. The molecule has 0 spiro atoms. The molecule has 0 radical (unpaired) electrons. The first kappa shape index (κ1) is 6.83. The van der Waals surface area contributed by atoms with Gasteiger partial charge in [-0.3, -0.25) is 0 Å². The van der Waals surface area contributed by atoms with Crippen molar-refractivity contribution in [2.45, 2.75) is 32.7 Å². The van der Waals surface area contributed by atoms with Gasteiger partial charge in [0.05, 0.1) is 17.9 Å². The molecule has 60 valence electrons. The SMILES string of the molecule is CCc1cnn(C2C[C@@H]2C)n1. The first-order valence-electron chi connectivity index (χ1n) is 4.22. The summed E-state index contributed by atoms with van der Waals surface area (Å²) in [5.41, 5.74) is 1.10. The number of aromatic nitrogens is 3. The fraction of sp³-hybridized carbons (Fsp3) is 0.750. The molecule has 11 heavy (non-hydrogen) atoms. The number of hydrogen-bond acceptors (Lipinski definition) is 2. The van der Waals surface area contributed by atoms with E-state index in [9.17, 15) is 0 Å². The lowest BCUT2D eigenvalue weighted by Crippen LogP contribution is -2.00. The van der Waals surface area contributed by atoms with Crippen LogP contribution >= 0.6 is 0 Å². The molecule has 1 saturated carbocycles. The van der Waals surface area contributed by atoms with E-state index < -0.39 is 0 Å². The minimum atomic E-state index is 0.593. The van der Waals surface area contributed by atoms with Crippen LogP contribution in [0.5, 0.6) is 0 Å². The largest absolute Gasteiger partial charge is 0.181 e. The molecule has 1 fully saturated rings. The van der Waals surface area contributed by atoms with Gasteiger partial charge in [-0.1, -0.05) is 13.8 Å². The lowest BCUT2D eigenvalue weighted by atomic mass is 10.4. The Kier molecular flexibility index (Phi) is 1.44. The summed E-state index contributed by atoms with van der Waals surface area (Å²) in [6.07, 6.45) is 4.10. The standard InChI is InChI=1S/C8H13N3/c1-3-7-5-9-11(10-7)8-4-6(8)2/h5-6,8H,3-4H2,1-2H3/t6-,8?/m0/s1. The van der Waals surface area contributed by atoms with Crippen LogP contribution in [0.1, 0.15) is 32.0 Å². The molecule has 1 aliphatic carbocycles. The van der Waals surface area contributed by atoms with Crippen LogP contribution in [0.25, 0.3) is 0 Å². The summed E-state index contributed by atoms with van der Waals surface area (Å²) in [6, 6.07) is 0.593. The van der Waals surface area contributed by atoms with Crippen LogP contribution in [0.3, 0.4) is 0 Å². The fourth-order valence-corrected chi connectivity index (χ4v) is 1.26. The predicted molar refractivity (Wildman–Crippen MR) is 42.2 cm³/mol. The zero-order chi connectivity index (χ0) is 7.84. The van der Waals surface area contributed by atoms with E-state index in [1.165, 1.54) is 6.42 Å². The molecule has 0 saturated heterocycles. The molecule has 3 heteroatoms. The van der Waals surface area contributed by atoms with Crippen molar-refractivity contribution in [2.75, 3.05) is 0 Å². The topological polar surface area (TPSA) is 30.7 Å². The average Bonchev–Trinajstić information content (AvgIpc) is 2.59. The summed E-state index contributed by atoms with van der Waals surface area (Å²) in [7, 11) is 0. The van der Waals surface area contributed by atoms with Crippen molar-refractivity contribution in [1.82, 2.24) is 15.0 Å². The second-order valence-corrected chi connectivity index (χ2v) is 3.29. The Morgan fingerprint density at radius 3 is 2.91 bits per heavy atom. The molecule has 1 unspecified atom stereocenters. The van der Waals surface area contributed by atoms with Gasteiger partial charge in [0.1, 0.15) is 0 Å². The third-order valence-electron chi connectivity index (χ3n) is 2.28. The Morgan fingerprint density at radius 1 is 1.73 bits per heavy atom. The minimum Gasteiger partial charge on any atom is -0.181 e. The van der Waals surface area contributed by atoms with Crippen LogP contribution in [-0.4, -0.2) is 15.0 Å². The monoisotopic (exact) mass is 151 g/mol. The molecule has 0 N–H and O–H groups in total. The summed E-state index contributed by atoms with van der Waals surface area (Å²) in [6.45, 7) is 4.34. The zero-order valence-corrected chi connectivity index (χ0v) is 6.99. The molecule has 0 amide bonds. The minimum absolute atomic E-state index is 0.593. The van der Waals surface area contributed by atoms with Gasteiger partial charge in [-0.2, -0.15) is 15.0 Å². The van der Waals surface area contributed by atoms with E-state index in [0.717, 1.165) is 18.0 Å². The molecule has 0 aromatic carbocycles. The summed E-state index contributed by atoms with van der Waals surface area (Å²) >= 11 is 0. The molecular weight excluding hydrogens is 138 g/mol. The van der Waals surface area contributed by atoms with Crippen molar-refractivity contribution in [1.29, 1.82) is 0 Å². The molecular formula is C8H13N3. The number of rotatable bonds is 2. The normalized spacial score (nSPS) is 28.9. The summed E-state index contributed by atoms with van der Waals surface area (Å²) < 4.78 is 0. The van der Waals surface area contributed by atoms with Crippen LogP contribution in [-0.2, 0) is 6.42 Å². The van der Waals surface area contributed by atoms with Gasteiger partial charge in [-0.05, 0) is 18.8 Å². The van der Waals surface area contributed by atoms with Crippen molar-refractivity contribution in [2.24, 2.45) is 5.92 Å². The Labute approximate surface area is 66.4 Å². The van der Waals surface area contributed by atoms with E-state index in [4.69, 9.17) is 0 Å². The highest BCUT2D eigenvalue weighted by Gasteiger charge is 2.36. The molecule has 1 aromatic rings. The molecule has 0 bridgehead atoms. The summed E-state index contributed by atoms with van der Waals surface area (Å²) in [5, 5.41) is 8.55. The van der Waals surface area contributed by atoms with Gasteiger partial charge < -0.3 is 0 Å². The van der Waals surface area contributed by atoms with Gasteiger partial charge in [0.15, 0.2) is 0 Å². The smallest absolute Gasteiger partial charge is 0.0824 e. The van der Waals surface area contributed by atoms with E-state index in [-0.39, 0.29) is 0 Å². The Bertz CT molecular complexity index is 254. The van der Waals surface area contributed by atoms with E-state index in [0.29, 0.717) is 6.04 Å². The first-order valence-corrected chi connectivity index (χ1v) is 4.22. The third kappa shape index (κ3) is 1.15. The van der Waals surface area contributed by atoms with Crippen LogP contribution in [0, 0.1) is 5.92 Å². The zero-order valence-electron chi connectivity index (χ0n) is 6.99. The van der Waals surface area contributed by atoms with Crippen LogP contribution < -0.4 is 0 Å². The maximum Gasteiger partial charge on any atom is 0.0824 e. The van der Waals surface area contributed by atoms with Crippen molar-refractivity contribution in [3.8, 4) is 0 Å². The Hall–Kier alpha value is -0.860. The first-order chi connectivity index (χ1) is 5.31. The lowest BCUT2D eigenvalue weighted by molar-refractivity contribution is 0.523. The quantitative estimate of drug-likeness (QED) is 0.640. The van der Waals surface area contributed by atoms with Crippen LogP contribution in [0.4, 0.5) is 0 Å². The molecule has 2 atom stereocenters. The van der Waals surface area contributed by atoms with E-state index in [1.807, 2.05) is 11.0 Å². The molecule has 2 rings (SSSR count). The van der Waals surface area contributed by atoms with E-state index >= 15 is 0 Å². The second-order valence-electron chi connectivity index (χ2n) is 3.29. The lowest BCUT2D eigenvalue weighted by Gasteiger charge is -1.92. The summed E-state index contributed by atoms with van der Waals surface area (Å²) in [4.78, 5) is 1.86. The highest BCUT2D eigenvalue weighted by molar-refractivity contribution is 4.94. The van der Waals surface area contributed by atoms with Crippen molar-refractivity contribution >= 4 is 0 Å². The summed E-state index contributed by atoms with van der Waals surface area (Å²) in [5.74, 6) is 0.784. The van der Waals surface area contributed by atoms with Gasteiger partial charge in [-0.15, -0.1) is 0 Å². The van der Waals surface area contributed by atoms with Crippen molar-refractivity contribution < 1.29 is 0 Å². The van der Waals surface area contributed by atoms with E-state index in [1.54, 1.807) is 0 Å². The van der Waals surface area contributed by atoms with E-state index in [2.05, 4.69) is 24.0 Å². The molecule has 1 aromatic heterocycles. The maximum absolute atomic E-state index is 4.35. The van der Waals surface area contributed by atoms with Gasteiger partial charge in [0, 0.05) is 0 Å². The van der Waals surface area contributed by atoms with Gasteiger partial charge in [0.25, 0.3) is 0 Å². The van der Waals surface area contributed by atoms with Crippen molar-refractivity contribution in [3.63, 3.8) is 0 Å². The van der Waals surface area contributed by atoms with Crippen LogP contribution in [0.2, 0.25) is 0 Å². The molecule has 0 aliphatic heterocycles. The molecule has 1 aliphatic rings. The number of hydrogen-bond donors (Lipinski definition) is 0. The molecule has 3 nitrogen and oxygen atoms in total. The number of aryl methyl sites for hydroxylation is 1. The fourth-order valence-electron chi connectivity index (χ4n) is 1.26. The van der Waals surface area contributed by atoms with Gasteiger partial charge in [0.2, 0.25) is 0 Å². The second kappa shape index (κ2) is 2.32. The Balaban J connectivity index is 2.13. The van der Waals surface area contributed by atoms with Crippen molar-refractivity contribution in [3.05, 3.63) is 11.9 Å². The highest BCUT2D eigenvalue weighted by atomic mass is 15.5. The number of nitrogens with zero attached hydrogens (tertiary/aromatic N) is 3. The highest BCUT2D eigenvalue weighted by Crippen LogP contribution is 2.41. The third-order valence-corrected chi connectivity index (χ3v) is 2.28. The maximum atomic E-state index is 4.35. The average molecular weight is 151 g/mol. The van der Waals surface area contributed by atoms with Crippen LogP contribution in [0.15, 0.2) is 6.20 Å².